The van der Waals surface area contributed by atoms with E-state index in [-0.39, 0.29) is 29.7 Å². The minimum absolute atomic E-state index is 0.221. The molecule has 1 unspecified atom stereocenters. The molecule has 3 rings (SSSR count). The lowest BCUT2D eigenvalue weighted by Gasteiger charge is -2.26. The summed E-state index contributed by atoms with van der Waals surface area (Å²) in [5.74, 6) is -0.0719. The Morgan fingerprint density at radius 3 is 3.00 bits per heavy atom. The van der Waals surface area contributed by atoms with Gasteiger partial charge in [0.05, 0.1) is 11.7 Å². The summed E-state index contributed by atoms with van der Waals surface area (Å²) in [6, 6.07) is 3.23. The number of fused-ring (bicyclic) bond motifs is 1. The average molecular weight is 304 g/mol. The van der Waals surface area contributed by atoms with Crippen LogP contribution in [0.3, 0.4) is 0 Å². The second-order valence-electron chi connectivity index (χ2n) is 5.82. The number of aromatic nitrogens is 3. The first-order chi connectivity index (χ1) is 10.7. The van der Waals surface area contributed by atoms with E-state index in [9.17, 15) is 14.7 Å². The number of hydrogen-bond acceptors (Lipinski definition) is 4. The van der Waals surface area contributed by atoms with Crippen molar-refractivity contribution in [3.8, 4) is 0 Å². The molecular weight excluding hydrogens is 284 g/mol. The van der Waals surface area contributed by atoms with E-state index < -0.39 is 6.10 Å². The second-order valence-corrected chi connectivity index (χ2v) is 5.82. The van der Waals surface area contributed by atoms with Crippen molar-refractivity contribution < 1.29 is 9.90 Å². The molecule has 0 aliphatic heterocycles. The Bertz CT molecular complexity index is 715. The standard InChI is InChI=1S/C15H20N4O3/c20-12(10-5-2-1-3-6-10)9-16-14(21)11-7-4-8-19-13(11)17-18-15(19)22/h4,7-8,10,12,20H,1-3,5-6,9H2,(H,16,21)(H,18,22). The molecule has 2 aromatic heterocycles. The summed E-state index contributed by atoms with van der Waals surface area (Å²) in [6.07, 6.45) is 6.57. The van der Waals surface area contributed by atoms with Crippen LogP contribution in [0.15, 0.2) is 23.1 Å². The fourth-order valence-corrected chi connectivity index (χ4v) is 3.09. The lowest BCUT2D eigenvalue weighted by atomic mass is 9.85. The molecule has 0 radical (unpaired) electrons. The van der Waals surface area contributed by atoms with E-state index in [1.807, 2.05) is 0 Å². The molecule has 0 bridgehead atoms. The number of carbonyl (C=O) groups is 1. The van der Waals surface area contributed by atoms with Gasteiger partial charge in [0.1, 0.15) is 0 Å². The summed E-state index contributed by atoms with van der Waals surface area (Å²) >= 11 is 0. The average Bonchev–Trinajstić information content (AvgIpc) is 2.94. The molecule has 118 valence electrons. The molecule has 1 fully saturated rings. The van der Waals surface area contributed by atoms with Crippen molar-refractivity contribution in [1.29, 1.82) is 0 Å². The van der Waals surface area contributed by atoms with Gasteiger partial charge in [0.25, 0.3) is 5.91 Å². The summed E-state index contributed by atoms with van der Waals surface area (Å²) in [7, 11) is 0. The number of aliphatic hydroxyl groups excluding tert-OH is 1. The third kappa shape index (κ3) is 2.89. The van der Waals surface area contributed by atoms with Crippen LogP contribution in [0, 0.1) is 5.92 Å². The maximum absolute atomic E-state index is 12.3. The van der Waals surface area contributed by atoms with Gasteiger partial charge in [0, 0.05) is 12.7 Å². The zero-order valence-electron chi connectivity index (χ0n) is 12.3. The topological polar surface area (TPSA) is 99.5 Å². The lowest BCUT2D eigenvalue weighted by Crippen LogP contribution is -2.37. The molecule has 0 spiro atoms. The van der Waals surface area contributed by atoms with Crippen molar-refractivity contribution in [1.82, 2.24) is 19.9 Å². The Hall–Kier alpha value is -2.15. The van der Waals surface area contributed by atoms with Crippen LogP contribution in [0.4, 0.5) is 0 Å². The van der Waals surface area contributed by atoms with Crippen LogP contribution in [-0.4, -0.2) is 38.3 Å². The first-order valence-electron chi connectivity index (χ1n) is 7.69. The summed E-state index contributed by atoms with van der Waals surface area (Å²) in [5, 5.41) is 19.1. The normalized spacial score (nSPS) is 17.5. The van der Waals surface area contributed by atoms with Crippen LogP contribution in [0.5, 0.6) is 0 Å². The van der Waals surface area contributed by atoms with E-state index in [1.165, 1.54) is 10.8 Å². The number of pyridine rings is 1. The maximum atomic E-state index is 12.3. The van der Waals surface area contributed by atoms with Gasteiger partial charge in [-0.1, -0.05) is 19.3 Å². The minimum Gasteiger partial charge on any atom is -0.391 e. The van der Waals surface area contributed by atoms with Crippen molar-refractivity contribution in [3.63, 3.8) is 0 Å². The molecule has 1 aliphatic carbocycles. The zero-order valence-corrected chi connectivity index (χ0v) is 12.3. The Morgan fingerprint density at radius 1 is 1.45 bits per heavy atom. The van der Waals surface area contributed by atoms with Crippen LogP contribution in [0.2, 0.25) is 0 Å². The number of hydrogen-bond donors (Lipinski definition) is 3. The predicted molar refractivity (Wildman–Crippen MR) is 80.7 cm³/mol. The number of nitrogens with one attached hydrogen (secondary N) is 2. The summed E-state index contributed by atoms with van der Waals surface area (Å²) in [4.78, 5) is 23.8. The van der Waals surface area contributed by atoms with Crippen molar-refractivity contribution in [2.45, 2.75) is 38.2 Å². The highest BCUT2D eigenvalue weighted by Gasteiger charge is 2.22. The maximum Gasteiger partial charge on any atom is 0.347 e. The van der Waals surface area contributed by atoms with Crippen LogP contribution < -0.4 is 11.0 Å². The van der Waals surface area contributed by atoms with E-state index >= 15 is 0 Å². The second kappa shape index (κ2) is 6.31. The third-order valence-electron chi connectivity index (χ3n) is 4.35. The van der Waals surface area contributed by atoms with Gasteiger partial charge in [0.2, 0.25) is 0 Å². The summed E-state index contributed by atoms with van der Waals surface area (Å²) in [6.45, 7) is 0.221. The van der Waals surface area contributed by atoms with Gasteiger partial charge < -0.3 is 10.4 Å². The Labute approximate surface area is 127 Å². The van der Waals surface area contributed by atoms with Gasteiger partial charge in [0.15, 0.2) is 5.65 Å². The van der Waals surface area contributed by atoms with E-state index in [2.05, 4.69) is 15.5 Å². The molecule has 0 aromatic carbocycles. The number of nitrogens with zero attached hydrogens (tertiary/aromatic N) is 2. The van der Waals surface area contributed by atoms with E-state index in [0.717, 1.165) is 25.7 Å². The summed E-state index contributed by atoms with van der Waals surface area (Å²) in [5.41, 5.74) is 0.223. The molecule has 2 heterocycles. The van der Waals surface area contributed by atoms with Gasteiger partial charge in [-0.2, -0.15) is 5.10 Å². The summed E-state index contributed by atoms with van der Waals surface area (Å²) < 4.78 is 1.28. The highest BCUT2D eigenvalue weighted by atomic mass is 16.3. The van der Waals surface area contributed by atoms with Crippen molar-refractivity contribution >= 4 is 11.6 Å². The van der Waals surface area contributed by atoms with Crippen molar-refractivity contribution in [2.75, 3.05) is 6.54 Å². The number of aromatic amines is 1. The molecule has 1 atom stereocenters. The molecule has 7 nitrogen and oxygen atoms in total. The number of carbonyl (C=O) groups excluding carboxylic acids is 1. The molecule has 7 heteroatoms. The van der Waals surface area contributed by atoms with Crippen LogP contribution >= 0.6 is 0 Å². The first-order valence-corrected chi connectivity index (χ1v) is 7.69. The monoisotopic (exact) mass is 304 g/mol. The van der Waals surface area contributed by atoms with Crippen LogP contribution in [-0.2, 0) is 0 Å². The fraction of sp³-hybridized carbons (Fsp3) is 0.533. The molecule has 1 amide bonds. The van der Waals surface area contributed by atoms with E-state index in [1.54, 1.807) is 18.3 Å². The quantitative estimate of drug-likeness (QED) is 0.774. The smallest absolute Gasteiger partial charge is 0.347 e. The van der Waals surface area contributed by atoms with Crippen molar-refractivity contribution in [2.24, 2.45) is 5.92 Å². The molecule has 1 saturated carbocycles. The van der Waals surface area contributed by atoms with E-state index in [0.29, 0.717) is 5.56 Å². The first kappa shape index (κ1) is 14.8. The van der Waals surface area contributed by atoms with Gasteiger partial charge in [-0.05, 0) is 30.9 Å². The van der Waals surface area contributed by atoms with Gasteiger partial charge in [-0.15, -0.1) is 0 Å². The third-order valence-corrected chi connectivity index (χ3v) is 4.35. The molecule has 22 heavy (non-hydrogen) atoms. The SMILES string of the molecule is O=C(NCC(O)C1CCCCC1)c1cccn2c(=O)[nH]nc12. The number of aliphatic hydroxyl groups is 1. The Kier molecular flexibility index (Phi) is 4.24. The number of amides is 1. The predicted octanol–water partition coefficient (Wildman–Crippen LogP) is 0.694. The molecule has 2 aromatic rings. The molecule has 3 N–H and O–H groups in total. The highest BCUT2D eigenvalue weighted by Crippen LogP contribution is 2.26. The molecule has 1 aliphatic rings. The van der Waals surface area contributed by atoms with Crippen molar-refractivity contribution in [3.05, 3.63) is 34.4 Å². The number of H-pyrrole nitrogens is 1. The van der Waals surface area contributed by atoms with Gasteiger partial charge in [-0.25, -0.2) is 14.3 Å². The van der Waals surface area contributed by atoms with Gasteiger partial charge in [-0.3, -0.25) is 4.79 Å². The molecular formula is C15H20N4O3. The minimum atomic E-state index is -0.523. The largest absolute Gasteiger partial charge is 0.391 e. The Morgan fingerprint density at radius 2 is 2.23 bits per heavy atom. The zero-order chi connectivity index (χ0) is 15.5. The van der Waals surface area contributed by atoms with E-state index in [4.69, 9.17) is 0 Å². The fourth-order valence-electron chi connectivity index (χ4n) is 3.09. The highest BCUT2D eigenvalue weighted by molar-refractivity contribution is 5.99. The lowest BCUT2D eigenvalue weighted by molar-refractivity contribution is 0.0739. The van der Waals surface area contributed by atoms with Crippen LogP contribution in [0.25, 0.3) is 5.65 Å². The Balaban J connectivity index is 1.67. The van der Waals surface area contributed by atoms with Gasteiger partial charge >= 0.3 is 5.69 Å². The van der Waals surface area contributed by atoms with Crippen LogP contribution in [0.1, 0.15) is 42.5 Å². The molecule has 0 saturated heterocycles. The number of rotatable bonds is 4.